The molecule has 14 aromatic carbocycles. The van der Waals surface area contributed by atoms with Gasteiger partial charge in [-0.25, -0.2) is 14.8 Å². The van der Waals surface area contributed by atoms with E-state index < -0.39 is 43.3 Å². The largest absolute Gasteiger partial charge is 0.465 e. The van der Waals surface area contributed by atoms with Crippen LogP contribution in [0, 0.1) is 0 Å². The summed E-state index contributed by atoms with van der Waals surface area (Å²) in [5, 5.41) is 33.1. The smallest absolute Gasteiger partial charge is 0.405 e. The van der Waals surface area contributed by atoms with Crippen LogP contribution in [0.15, 0.2) is 442 Å². The third kappa shape index (κ3) is 20.2. The van der Waals surface area contributed by atoms with Crippen LogP contribution in [-0.2, 0) is 33.0 Å². The number of furan rings is 1. The van der Waals surface area contributed by atoms with Gasteiger partial charge in [0, 0.05) is 44.8 Å². The molecule has 0 bridgehead atoms. The molecule has 1 saturated carbocycles. The second-order valence-corrected chi connectivity index (χ2v) is 35.2. The van der Waals surface area contributed by atoms with Crippen molar-refractivity contribution >= 4 is 113 Å². The van der Waals surface area contributed by atoms with Crippen molar-refractivity contribution in [3.63, 3.8) is 0 Å². The van der Waals surface area contributed by atoms with Crippen molar-refractivity contribution in [3.8, 4) is 33.7 Å². The molecule has 0 unspecified atom stereocenters. The van der Waals surface area contributed by atoms with Crippen LogP contribution in [0.1, 0.15) is 24.8 Å². The molecule has 2 N–H and O–H groups in total. The van der Waals surface area contributed by atoms with Crippen LogP contribution >= 0.6 is 31.7 Å². The van der Waals surface area contributed by atoms with Crippen molar-refractivity contribution in [2.24, 2.45) is 7.05 Å². The summed E-state index contributed by atoms with van der Waals surface area (Å²) in [4.78, 5) is 20.8. The first-order chi connectivity index (χ1) is 54.8. The number of aromatic nitrogens is 4. The Morgan fingerprint density at radius 3 is 0.857 bits per heavy atom. The third-order valence-electron chi connectivity index (χ3n) is 18.9. The molecule has 0 aliphatic heterocycles. The molecule has 112 heavy (non-hydrogen) atoms. The van der Waals surface area contributed by atoms with Crippen LogP contribution in [0.3, 0.4) is 0 Å². The van der Waals surface area contributed by atoms with Crippen molar-refractivity contribution in [3.05, 3.63) is 443 Å². The van der Waals surface area contributed by atoms with Gasteiger partial charge in [-0.05, 0) is 126 Å². The molecule has 552 valence electrons. The van der Waals surface area contributed by atoms with Gasteiger partial charge in [0.15, 0.2) is 0 Å². The van der Waals surface area contributed by atoms with E-state index in [1.165, 1.54) is 63.7 Å². The zero-order valence-electron chi connectivity index (χ0n) is 61.8. The van der Waals surface area contributed by atoms with Crippen LogP contribution in [0.2, 0.25) is 0 Å². The molecule has 0 atom stereocenters. The van der Waals surface area contributed by atoms with E-state index in [9.17, 15) is 9.90 Å². The topological polar surface area (TPSA) is 106 Å². The van der Waals surface area contributed by atoms with Gasteiger partial charge in [0.05, 0.1) is 29.2 Å². The Hall–Kier alpha value is -11.4. The van der Waals surface area contributed by atoms with Gasteiger partial charge in [-0.15, -0.1) is 0 Å². The van der Waals surface area contributed by atoms with Crippen LogP contribution in [0.25, 0.3) is 44.9 Å². The fourth-order valence-electron chi connectivity index (χ4n) is 13.5. The molecule has 1 fully saturated rings. The van der Waals surface area contributed by atoms with Crippen molar-refractivity contribution in [2.45, 2.75) is 24.8 Å². The minimum atomic E-state index is -1.00. The molecule has 0 saturated heterocycles. The average molecular weight is 1620 g/mol. The first-order valence-corrected chi connectivity index (χ1v) is 42.5. The van der Waals surface area contributed by atoms with E-state index in [0.29, 0.717) is 17.0 Å². The number of nitrogens with one attached hydrogen (secondary N) is 1. The maximum atomic E-state index is 11.4. The summed E-state index contributed by atoms with van der Waals surface area (Å²) in [5.41, 5.74) is 5.91. The maximum absolute atomic E-state index is 11.4. The Morgan fingerprint density at radius 1 is 0.357 bits per heavy atom. The Labute approximate surface area is 675 Å². The molecule has 1 amide bonds. The van der Waals surface area contributed by atoms with Gasteiger partial charge in [-0.2, -0.15) is 5.10 Å². The SMILES string of the molecule is Cn1cc(-c2cnc3oc(-c4ccc(C5(NC(=O)O)CCC5)cc4)c(-c4ccccc4)c3n2)cn1.[Pd].c1ccc(P(c2ccccc2)c2ccccc2)cc1.c1ccc(P(c2ccccc2)c2ccccc2)cc1.c1ccc(P(c2ccccc2)c2ccccc2)cc1.c1ccc(P(c2ccccc2)c2ccccc2)cc1. The van der Waals surface area contributed by atoms with Gasteiger partial charge >= 0.3 is 6.09 Å². The van der Waals surface area contributed by atoms with E-state index in [2.05, 4.69) is 379 Å². The van der Waals surface area contributed by atoms with Crippen molar-refractivity contribution < 1.29 is 34.7 Å². The van der Waals surface area contributed by atoms with Gasteiger partial charge < -0.3 is 14.8 Å². The van der Waals surface area contributed by atoms with E-state index in [1.54, 1.807) is 17.1 Å². The number of hydrogen-bond donors (Lipinski definition) is 2. The van der Waals surface area contributed by atoms with Crippen molar-refractivity contribution in [2.75, 3.05) is 0 Å². The Morgan fingerprint density at radius 2 is 0.625 bits per heavy atom. The number of benzene rings is 14. The van der Waals surface area contributed by atoms with E-state index in [1.807, 2.05) is 67.8 Å². The molecule has 1 aliphatic rings. The normalized spacial score (nSPS) is 11.7. The first kappa shape index (κ1) is 78.7. The van der Waals surface area contributed by atoms with Crippen LogP contribution in [-0.4, -0.2) is 30.9 Å². The van der Waals surface area contributed by atoms with E-state index in [4.69, 9.17) is 9.40 Å². The zero-order chi connectivity index (χ0) is 75.7. The van der Waals surface area contributed by atoms with Crippen molar-refractivity contribution in [1.29, 1.82) is 0 Å². The monoisotopic (exact) mass is 1620 g/mol. The first-order valence-electron chi connectivity index (χ1n) is 37.1. The molecule has 17 aromatic rings. The molecule has 0 spiro atoms. The van der Waals surface area contributed by atoms with Crippen LogP contribution in [0.5, 0.6) is 0 Å². The molecular weight excluding hydrogens is 1540 g/mol. The molecule has 18 rings (SSSR count). The summed E-state index contributed by atoms with van der Waals surface area (Å²) in [6.07, 6.45) is 6.95. The zero-order valence-corrected chi connectivity index (χ0v) is 67.0. The summed E-state index contributed by atoms with van der Waals surface area (Å²) in [7, 11) is 0.0813. The summed E-state index contributed by atoms with van der Waals surface area (Å²) in [6.45, 7) is 0. The minimum Gasteiger partial charge on any atom is -0.465 e. The van der Waals surface area contributed by atoms with Crippen LogP contribution < -0.4 is 69.0 Å². The van der Waals surface area contributed by atoms with Gasteiger partial charge in [-0.1, -0.05) is 419 Å². The number of amides is 1. The third-order valence-corrected chi connectivity index (χ3v) is 28.7. The number of carboxylic acid groups (broad SMARTS) is 1. The Balaban J connectivity index is 0.000000126. The molecular formula is C99H83N5O3P4Pd. The van der Waals surface area contributed by atoms with E-state index in [-0.39, 0.29) is 20.4 Å². The molecule has 13 heteroatoms. The maximum Gasteiger partial charge on any atom is 0.405 e. The second-order valence-electron chi connectivity index (χ2n) is 26.3. The van der Waals surface area contributed by atoms with Gasteiger partial charge in [-0.3, -0.25) is 4.68 Å². The predicted octanol–water partition coefficient (Wildman–Crippen LogP) is 19.4. The fourth-order valence-corrected chi connectivity index (χ4v) is 22.7. The minimum absolute atomic E-state index is 0. The molecule has 0 radical (unpaired) electrons. The second kappa shape index (κ2) is 40.0. The van der Waals surface area contributed by atoms with Gasteiger partial charge in [0.1, 0.15) is 11.3 Å². The number of carbonyl (C=O) groups is 1. The van der Waals surface area contributed by atoms with E-state index >= 15 is 0 Å². The molecule has 3 heterocycles. The number of aryl methyl sites for hydroxylation is 1. The van der Waals surface area contributed by atoms with Crippen molar-refractivity contribution in [1.82, 2.24) is 25.1 Å². The molecule has 3 aromatic heterocycles. The number of hydrogen-bond acceptors (Lipinski definition) is 5. The number of nitrogens with zero attached hydrogens (tertiary/aromatic N) is 4. The van der Waals surface area contributed by atoms with Gasteiger partial charge in [0.2, 0.25) is 5.71 Å². The summed E-state index contributed by atoms with van der Waals surface area (Å²) in [6, 6.07) is 147. The van der Waals surface area contributed by atoms with Gasteiger partial charge in [0.25, 0.3) is 0 Å². The fraction of sp³-hybridized carbons (Fsp3) is 0.0505. The summed E-state index contributed by atoms with van der Waals surface area (Å²) < 4.78 is 7.99. The predicted molar refractivity (Wildman–Crippen MR) is 472 cm³/mol. The standard InChI is InChI=1S/C27H23N5O3.4C18H15P.Pd/c1-32-16-19(14-29-32)21-15-28-25-23(30-21)22(17-6-3-2-4-7-17)24(35-25)18-8-10-20(11-9-18)27(12-5-13-27)31-26(33)34;4*1-4-10-16(11-5-1)19(17-12-6-2-7-13-17)18-14-8-3-9-15-18;/h2-4,6-11,14-16,31H,5,12-13H2,1H3,(H,33,34);4*1-15H;. The molecule has 8 nitrogen and oxygen atoms in total. The summed E-state index contributed by atoms with van der Waals surface area (Å²) in [5.74, 6) is 0.676. The Kier molecular flexibility index (Phi) is 28.1. The average Bonchev–Trinajstić information content (AvgIpc) is 1.58. The quantitative estimate of drug-likeness (QED) is 0.0695. The number of fused-ring (bicyclic) bond motifs is 1. The number of rotatable bonds is 17. The Bertz CT molecular complexity index is 4780. The summed E-state index contributed by atoms with van der Waals surface area (Å²) >= 11 is 0. The molecule has 1 aliphatic carbocycles. The van der Waals surface area contributed by atoms with Crippen LogP contribution in [0.4, 0.5) is 4.79 Å². The van der Waals surface area contributed by atoms with E-state index in [0.717, 1.165) is 52.8 Å².